The first-order chi connectivity index (χ1) is 10.7. The Bertz CT molecular complexity index is 655. The van der Waals surface area contributed by atoms with Crippen molar-refractivity contribution >= 4 is 29.0 Å². The summed E-state index contributed by atoms with van der Waals surface area (Å²) in [5.74, 6) is 0.658. The number of nitrogens with zero attached hydrogens (tertiary/aromatic N) is 2. The third kappa shape index (κ3) is 3.55. The van der Waals surface area contributed by atoms with E-state index in [-0.39, 0.29) is 5.91 Å². The van der Waals surface area contributed by atoms with E-state index in [2.05, 4.69) is 10.3 Å². The molecule has 0 unspecified atom stereocenters. The van der Waals surface area contributed by atoms with Crippen molar-refractivity contribution in [2.24, 2.45) is 0 Å². The number of anilines is 2. The minimum absolute atomic E-state index is 0.00916. The van der Waals surface area contributed by atoms with Crippen molar-refractivity contribution in [3.8, 4) is 0 Å². The molecular weight excluding hydrogens is 302 g/mol. The molecule has 1 fully saturated rings. The third-order valence-corrected chi connectivity index (χ3v) is 3.64. The predicted octanol–water partition coefficient (Wildman–Crippen LogP) is 2.95. The van der Waals surface area contributed by atoms with Gasteiger partial charge in [-0.15, -0.1) is 0 Å². The lowest BCUT2D eigenvalue weighted by molar-refractivity contribution is 0.0302. The number of hydrogen-bond donors (Lipinski definition) is 1. The maximum absolute atomic E-state index is 12.3. The molecule has 1 aliphatic rings. The van der Waals surface area contributed by atoms with E-state index >= 15 is 0 Å². The Labute approximate surface area is 133 Å². The van der Waals surface area contributed by atoms with Crippen LogP contribution in [0.4, 0.5) is 11.5 Å². The Morgan fingerprint density at radius 1 is 1.23 bits per heavy atom. The summed E-state index contributed by atoms with van der Waals surface area (Å²) < 4.78 is 5.25. The van der Waals surface area contributed by atoms with E-state index < -0.39 is 0 Å². The minimum atomic E-state index is -0.00916. The fourth-order valence-electron chi connectivity index (χ4n) is 2.26. The van der Waals surface area contributed by atoms with Gasteiger partial charge in [-0.05, 0) is 30.3 Å². The van der Waals surface area contributed by atoms with E-state index in [4.69, 9.17) is 16.3 Å². The topological polar surface area (TPSA) is 54.5 Å². The molecule has 1 aromatic heterocycles. The highest BCUT2D eigenvalue weighted by Gasteiger charge is 2.18. The van der Waals surface area contributed by atoms with Crippen molar-refractivity contribution in [2.75, 3.05) is 31.6 Å². The SMILES string of the molecule is O=C(c1ccc(Nc2cccc(Cl)c2)nc1)N1CCOCC1. The van der Waals surface area contributed by atoms with Crippen LogP contribution in [0.1, 0.15) is 10.4 Å². The van der Waals surface area contributed by atoms with E-state index in [0.717, 1.165) is 5.69 Å². The van der Waals surface area contributed by atoms with Crippen LogP contribution < -0.4 is 5.32 Å². The first kappa shape index (κ1) is 14.8. The molecule has 1 N–H and O–H groups in total. The van der Waals surface area contributed by atoms with Crippen molar-refractivity contribution < 1.29 is 9.53 Å². The number of hydrogen-bond acceptors (Lipinski definition) is 4. The lowest BCUT2D eigenvalue weighted by Crippen LogP contribution is -2.40. The summed E-state index contributed by atoms with van der Waals surface area (Å²) in [6.07, 6.45) is 1.59. The molecule has 0 atom stereocenters. The van der Waals surface area contributed by atoms with E-state index in [1.54, 1.807) is 23.2 Å². The molecule has 2 heterocycles. The van der Waals surface area contributed by atoms with Crippen LogP contribution in [0.3, 0.4) is 0 Å². The molecule has 5 nitrogen and oxygen atoms in total. The summed E-state index contributed by atoms with van der Waals surface area (Å²) in [5, 5.41) is 3.81. The van der Waals surface area contributed by atoms with Crippen LogP contribution in [0.2, 0.25) is 5.02 Å². The van der Waals surface area contributed by atoms with Gasteiger partial charge in [-0.25, -0.2) is 4.98 Å². The van der Waals surface area contributed by atoms with Crippen molar-refractivity contribution in [2.45, 2.75) is 0 Å². The number of ether oxygens (including phenoxy) is 1. The van der Waals surface area contributed by atoms with Crippen LogP contribution in [0.15, 0.2) is 42.6 Å². The summed E-state index contributed by atoms with van der Waals surface area (Å²) >= 11 is 5.94. The Morgan fingerprint density at radius 2 is 2.05 bits per heavy atom. The molecule has 3 rings (SSSR count). The summed E-state index contributed by atoms with van der Waals surface area (Å²) in [5.41, 5.74) is 1.44. The van der Waals surface area contributed by atoms with E-state index in [0.29, 0.717) is 42.7 Å². The summed E-state index contributed by atoms with van der Waals surface area (Å²) in [4.78, 5) is 18.4. The Kier molecular flexibility index (Phi) is 4.56. The highest BCUT2D eigenvalue weighted by molar-refractivity contribution is 6.30. The molecule has 0 spiro atoms. The molecular formula is C16H16ClN3O2. The maximum atomic E-state index is 12.3. The fraction of sp³-hybridized carbons (Fsp3) is 0.250. The van der Waals surface area contributed by atoms with Crippen LogP contribution in [0.25, 0.3) is 0 Å². The van der Waals surface area contributed by atoms with Gasteiger partial charge in [0.05, 0.1) is 18.8 Å². The number of benzene rings is 1. The molecule has 1 saturated heterocycles. The monoisotopic (exact) mass is 317 g/mol. The van der Waals surface area contributed by atoms with Gasteiger partial charge < -0.3 is 15.0 Å². The molecule has 0 radical (unpaired) electrons. The van der Waals surface area contributed by atoms with Gasteiger partial charge in [0.1, 0.15) is 5.82 Å². The Morgan fingerprint density at radius 3 is 2.73 bits per heavy atom. The number of carbonyl (C=O) groups is 1. The summed E-state index contributed by atoms with van der Waals surface area (Å²) in [7, 11) is 0. The smallest absolute Gasteiger partial charge is 0.255 e. The predicted molar refractivity (Wildman–Crippen MR) is 85.7 cm³/mol. The quantitative estimate of drug-likeness (QED) is 0.945. The van der Waals surface area contributed by atoms with Crippen molar-refractivity contribution in [1.29, 1.82) is 0 Å². The van der Waals surface area contributed by atoms with Gasteiger partial charge in [0.2, 0.25) is 0 Å². The lowest BCUT2D eigenvalue weighted by Gasteiger charge is -2.26. The van der Waals surface area contributed by atoms with Gasteiger partial charge in [0.25, 0.3) is 5.91 Å². The standard InChI is InChI=1S/C16H16ClN3O2/c17-13-2-1-3-14(10-13)19-15-5-4-12(11-18-15)16(21)20-6-8-22-9-7-20/h1-5,10-11H,6-9H2,(H,18,19). The average molecular weight is 318 g/mol. The number of halogens is 1. The summed E-state index contributed by atoms with van der Waals surface area (Å²) in [6, 6.07) is 11.0. The van der Waals surface area contributed by atoms with Crippen molar-refractivity contribution in [3.63, 3.8) is 0 Å². The van der Waals surface area contributed by atoms with Gasteiger partial charge in [-0.1, -0.05) is 17.7 Å². The van der Waals surface area contributed by atoms with E-state index in [9.17, 15) is 4.79 Å². The average Bonchev–Trinajstić information content (AvgIpc) is 2.56. The second-order valence-corrected chi connectivity index (χ2v) is 5.41. The number of nitrogens with one attached hydrogen (secondary N) is 1. The van der Waals surface area contributed by atoms with Crippen LogP contribution >= 0.6 is 11.6 Å². The lowest BCUT2D eigenvalue weighted by atomic mass is 10.2. The van der Waals surface area contributed by atoms with Gasteiger partial charge in [-0.3, -0.25) is 4.79 Å². The highest BCUT2D eigenvalue weighted by Crippen LogP contribution is 2.19. The van der Waals surface area contributed by atoms with Gasteiger partial charge in [0, 0.05) is 30.0 Å². The zero-order valence-electron chi connectivity index (χ0n) is 12.0. The maximum Gasteiger partial charge on any atom is 0.255 e. The van der Waals surface area contributed by atoms with Gasteiger partial charge >= 0.3 is 0 Å². The first-order valence-corrected chi connectivity index (χ1v) is 7.46. The normalized spacial score (nSPS) is 14.7. The number of aromatic nitrogens is 1. The Hall–Kier alpha value is -2.11. The number of amides is 1. The third-order valence-electron chi connectivity index (χ3n) is 3.41. The van der Waals surface area contributed by atoms with Crippen LogP contribution in [0, 0.1) is 0 Å². The Balaban J connectivity index is 1.68. The second-order valence-electron chi connectivity index (χ2n) is 4.97. The molecule has 1 aliphatic heterocycles. The molecule has 1 amide bonds. The second kappa shape index (κ2) is 6.77. The zero-order chi connectivity index (χ0) is 15.4. The number of rotatable bonds is 3. The molecule has 2 aromatic rings. The van der Waals surface area contributed by atoms with E-state index in [1.807, 2.05) is 24.3 Å². The highest BCUT2D eigenvalue weighted by atomic mass is 35.5. The molecule has 6 heteroatoms. The van der Waals surface area contributed by atoms with E-state index in [1.165, 1.54) is 0 Å². The molecule has 22 heavy (non-hydrogen) atoms. The molecule has 0 bridgehead atoms. The van der Waals surface area contributed by atoms with Crippen molar-refractivity contribution in [1.82, 2.24) is 9.88 Å². The zero-order valence-corrected chi connectivity index (χ0v) is 12.7. The number of carbonyl (C=O) groups excluding carboxylic acids is 1. The minimum Gasteiger partial charge on any atom is -0.378 e. The fourth-order valence-corrected chi connectivity index (χ4v) is 2.45. The molecule has 0 aliphatic carbocycles. The van der Waals surface area contributed by atoms with Crippen LogP contribution in [-0.4, -0.2) is 42.1 Å². The first-order valence-electron chi connectivity index (χ1n) is 7.08. The molecule has 0 saturated carbocycles. The van der Waals surface area contributed by atoms with Gasteiger partial charge in [-0.2, -0.15) is 0 Å². The number of pyridine rings is 1. The molecule has 1 aromatic carbocycles. The van der Waals surface area contributed by atoms with Gasteiger partial charge in [0.15, 0.2) is 0 Å². The summed E-state index contributed by atoms with van der Waals surface area (Å²) in [6.45, 7) is 2.43. The largest absolute Gasteiger partial charge is 0.378 e. The molecule has 114 valence electrons. The van der Waals surface area contributed by atoms with Crippen LogP contribution in [0.5, 0.6) is 0 Å². The van der Waals surface area contributed by atoms with Crippen LogP contribution in [-0.2, 0) is 4.74 Å². The number of morpholine rings is 1. The van der Waals surface area contributed by atoms with Crippen molar-refractivity contribution in [3.05, 3.63) is 53.2 Å².